The fourth-order valence-electron chi connectivity index (χ4n) is 3.29. The quantitative estimate of drug-likeness (QED) is 0.593. The molecule has 24 heavy (non-hydrogen) atoms. The number of esters is 4. The number of aryl methyl sites for hydroxylation is 1. The summed E-state index contributed by atoms with van der Waals surface area (Å²) in [6, 6.07) is 2.96. The highest BCUT2D eigenvalue weighted by atomic mass is 16.6. The molecule has 0 aliphatic carbocycles. The summed E-state index contributed by atoms with van der Waals surface area (Å²) in [5.41, 5.74) is 1.59. The lowest BCUT2D eigenvalue weighted by molar-refractivity contribution is 0.0365. The minimum atomic E-state index is -0.798. The summed E-state index contributed by atoms with van der Waals surface area (Å²) >= 11 is 0. The first-order valence-electron chi connectivity index (χ1n) is 7.24. The standard InChI is InChI=1S/C18H10O6/c1-3-4-8-6-10-13-11(17(21)23-16(10)20)7(2)5-9-14(13)12(8)18(22)24-15(9)19/h3-6H,1-2H3/b4-3+. The average Bonchev–Trinajstić information content (AvgIpc) is 2.51. The van der Waals surface area contributed by atoms with Gasteiger partial charge in [0.15, 0.2) is 0 Å². The predicted octanol–water partition coefficient (Wildman–Crippen LogP) is 2.80. The smallest absolute Gasteiger partial charge is 0.347 e. The molecule has 0 N–H and O–H groups in total. The van der Waals surface area contributed by atoms with E-state index in [2.05, 4.69) is 0 Å². The maximum absolute atomic E-state index is 12.3. The zero-order chi connectivity index (χ0) is 17.2. The zero-order valence-electron chi connectivity index (χ0n) is 12.8. The Hall–Kier alpha value is -3.28. The first-order chi connectivity index (χ1) is 11.4. The normalized spacial score (nSPS) is 15.9. The Kier molecular flexibility index (Phi) is 2.75. The number of ether oxygens (including phenoxy) is 2. The fraction of sp³-hybridized carbons (Fsp3) is 0.111. The number of rotatable bonds is 1. The van der Waals surface area contributed by atoms with Gasteiger partial charge in [0.1, 0.15) is 0 Å². The Balaban J connectivity index is 2.34. The molecule has 0 saturated heterocycles. The molecule has 0 saturated carbocycles. The highest BCUT2D eigenvalue weighted by Crippen LogP contribution is 2.40. The molecule has 0 radical (unpaired) electrons. The summed E-state index contributed by atoms with van der Waals surface area (Å²) in [4.78, 5) is 48.7. The molecule has 0 bridgehead atoms. The van der Waals surface area contributed by atoms with E-state index in [4.69, 9.17) is 9.47 Å². The second-order valence-electron chi connectivity index (χ2n) is 5.61. The summed E-state index contributed by atoms with van der Waals surface area (Å²) in [7, 11) is 0. The molecule has 6 heteroatoms. The van der Waals surface area contributed by atoms with Gasteiger partial charge >= 0.3 is 23.9 Å². The Labute approximate surface area is 135 Å². The van der Waals surface area contributed by atoms with E-state index in [9.17, 15) is 19.2 Å². The number of benzene rings is 2. The van der Waals surface area contributed by atoms with Gasteiger partial charge in [0, 0.05) is 10.8 Å². The minimum Gasteiger partial charge on any atom is -0.386 e. The zero-order valence-corrected chi connectivity index (χ0v) is 12.8. The van der Waals surface area contributed by atoms with E-state index < -0.39 is 23.9 Å². The lowest BCUT2D eigenvalue weighted by Gasteiger charge is -2.24. The molecule has 0 spiro atoms. The van der Waals surface area contributed by atoms with Crippen LogP contribution in [0.1, 0.15) is 59.5 Å². The summed E-state index contributed by atoms with van der Waals surface area (Å²) in [6.07, 6.45) is 3.33. The molecule has 0 aromatic heterocycles. The van der Waals surface area contributed by atoms with Gasteiger partial charge in [0.2, 0.25) is 0 Å². The number of carbonyl (C=O) groups is 4. The first kappa shape index (κ1) is 14.3. The van der Waals surface area contributed by atoms with Crippen LogP contribution in [0, 0.1) is 6.92 Å². The molecular weight excluding hydrogens is 312 g/mol. The molecule has 4 rings (SSSR count). The lowest BCUT2D eigenvalue weighted by Crippen LogP contribution is -2.27. The van der Waals surface area contributed by atoms with Crippen molar-refractivity contribution in [2.45, 2.75) is 13.8 Å². The maximum atomic E-state index is 12.3. The van der Waals surface area contributed by atoms with Gasteiger partial charge in [-0.15, -0.1) is 0 Å². The number of hydrogen-bond acceptors (Lipinski definition) is 6. The SMILES string of the molecule is C/C=C/c1cc2c3c(c(C)cc4c3c1C(=O)OC4=O)C(=O)OC2=O. The summed E-state index contributed by atoms with van der Waals surface area (Å²) in [5.74, 6) is -3.18. The van der Waals surface area contributed by atoms with E-state index in [1.807, 2.05) is 0 Å². The van der Waals surface area contributed by atoms with Crippen LogP contribution >= 0.6 is 0 Å². The molecule has 0 unspecified atom stereocenters. The van der Waals surface area contributed by atoms with Crippen molar-refractivity contribution in [2.24, 2.45) is 0 Å². The molecule has 2 aromatic rings. The molecule has 118 valence electrons. The maximum Gasteiger partial charge on any atom is 0.347 e. The molecule has 2 aliphatic heterocycles. The molecule has 0 amide bonds. The number of carbonyl (C=O) groups excluding carboxylic acids is 4. The second kappa shape index (κ2) is 4.61. The van der Waals surface area contributed by atoms with Crippen molar-refractivity contribution >= 4 is 40.7 Å². The highest BCUT2D eigenvalue weighted by molar-refractivity contribution is 6.30. The van der Waals surface area contributed by atoms with Gasteiger partial charge in [-0.1, -0.05) is 12.2 Å². The van der Waals surface area contributed by atoms with Crippen LogP contribution in [0.5, 0.6) is 0 Å². The number of cyclic esters (lactones) is 4. The Bertz CT molecular complexity index is 1040. The van der Waals surface area contributed by atoms with Crippen LogP contribution in [0.2, 0.25) is 0 Å². The van der Waals surface area contributed by atoms with Gasteiger partial charge in [-0.25, -0.2) is 19.2 Å². The number of allylic oxidation sites excluding steroid dienone is 1. The van der Waals surface area contributed by atoms with Crippen LogP contribution in [-0.2, 0) is 9.47 Å². The van der Waals surface area contributed by atoms with Crippen LogP contribution in [0.25, 0.3) is 16.8 Å². The Morgan fingerprint density at radius 1 is 0.792 bits per heavy atom. The van der Waals surface area contributed by atoms with Gasteiger partial charge < -0.3 is 9.47 Å². The third kappa shape index (κ3) is 1.65. The topological polar surface area (TPSA) is 86.7 Å². The van der Waals surface area contributed by atoms with Crippen LogP contribution in [0.3, 0.4) is 0 Å². The van der Waals surface area contributed by atoms with E-state index in [1.165, 1.54) is 12.1 Å². The van der Waals surface area contributed by atoms with Gasteiger partial charge in [-0.2, -0.15) is 0 Å². The van der Waals surface area contributed by atoms with Crippen LogP contribution in [0.15, 0.2) is 18.2 Å². The van der Waals surface area contributed by atoms with Crippen molar-refractivity contribution in [3.8, 4) is 0 Å². The Morgan fingerprint density at radius 3 is 1.96 bits per heavy atom. The molecule has 6 nitrogen and oxygen atoms in total. The average molecular weight is 322 g/mol. The van der Waals surface area contributed by atoms with E-state index in [-0.39, 0.29) is 33.0 Å². The third-order valence-electron chi connectivity index (χ3n) is 4.20. The summed E-state index contributed by atoms with van der Waals surface area (Å²) in [6.45, 7) is 3.39. The summed E-state index contributed by atoms with van der Waals surface area (Å²) < 4.78 is 9.62. The van der Waals surface area contributed by atoms with E-state index >= 15 is 0 Å². The molecule has 2 aromatic carbocycles. The van der Waals surface area contributed by atoms with Crippen LogP contribution in [-0.4, -0.2) is 23.9 Å². The van der Waals surface area contributed by atoms with Crippen molar-refractivity contribution in [1.82, 2.24) is 0 Å². The Morgan fingerprint density at radius 2 is 1.33 bits per heavy atom. The first-order valence-corrected chi connectivity index (χ1v) is 7.24. The molecule has 2 heterocycles. The molecule has 0 fully saturated rings. The van der Waals surface area contributed by atoms with Crippen molar-refractivity contribution in [1.29, 1.82) is 0 Å². The van der Waals surface area contributed by atoms with E-state index in [1.54, 1.807) is 26.0 Å². The fourth-order valence-corrected chi connectivity index (χ4v) is 3.29. The van der Waals surface area contributed by atoms with Crippen molar-refractivity contribution in [3.63, 3.8) is 0 Å². The molecular formula is C18H10O6. The van der Waals surface area contributed by atoms with Crippen LogP contribution < -0.4 is 0 Å². The van der Waals surface area contributed by atoms with Gasteiger partial charge in [-0.05, 0) is 37.1 Å². The van der Waals surface area contributed by atoms with Crippen LogP contribution in [0.4, 0.5) is 0 Å². The molecule has 0 atom stereocenters. The van der Waals surface area contributed by atoms with E-state index in [0.29, 0.717) is 11.1 Å². The van der Waals surface area contributed by atoms with Gasteiger partial charge in [0.25, 0.3) is 0 Å². The van der Waals surface area contributed by atoms with Gasteiger partial charge in [-0.3, -0.25) is 0 Å². The van der Waals surface area contributed by atoms with Crippen molar-refractivity contribution in [3.05, 3.63) is 51.6 Å². The minimum absolute atomic E-state index is 0.156. The third-order valence-corrected chi connectivity index (χ3v) is 4.20. The predicted molar refractivity (Wildman–Crippen MR) is 82.9 cm³/mol. The highest BCUT2D eigenvalue weighted by Gasteiger charge is 2.37. The van der Waals surface area contributed by atoms with E-state index in [0.717, 1.165) is 0 Å². The van der Waals surface area contributed by atoms with Gasteiger partial charge in [0.05, 0.1) is 22.3 Å². The lowest BCUT2D eigenvalue weighted by atomic mass is 9.84. The number of hydrogen-bond donors (Lipinski definition) is 0. The largest absolute Gasteiger partial charge is 0.386 e. The summed E-state index contributed by atoms with van der Waals surface area (Å²) in [5, 5.41) is 0.548. The van der Waals surface area contributed by atoms with Crippen molar-refractivity contribution < 1.29 is 28.7 Å². The molecule has 2 aliphatic rings. The second-order valence-corrected chi connectivity index (χ2v) is 5.61. The van der Waals surface area contributed by atoms with Crippen molar-refractivity contribution in [2.75, 3.05) is 0 Å². The monoisotopic (exact) mass is 322 g/mol.